The van der Waals surface area contributed by atoms with Crippen molar-refractivity contribution in [2.75, 3.05) is 20.1 Å². The highest BCUT2D eigenvalue weighted by Gasteiger charge is 2.24. The molecule has 2 rings (SSSR count). The minimum absolute atomic E-state index is 0.00990. The van der Waals surface area contributed by atoms with Crippen LogP contribution in [0.1, 0.15) is 105 Å². The van der Waals surface area contributed by atoms with Crippen LogP contribution in [0.25, 0.3) is 0 Å². The second-order valence-electron chi connectivity index (χ2n) is 11.3. The highest BCUT2D eigenvalue weighted by atomic mass is 16.2. The number of hydrogen-bond donors (Lipinski definition) is 2. The first-order valence-corrected chi connectivity index (χ1v) is 15.1. The largest absolute Gasteiger partial charge is 0.356 e. The Balaban J connectivity index is 1.52. The molecule has 0 aliphatic carbocycles. The van der Waals surface area contributed by atoms with E-state index in [2.05, 4.69) is 10.6 Å². The first-order valence-electron chi connectivity index (χ1n) is 15.1. The van der Waals surface area contributed by atoms with Gasteiger partial charge in [-0.1, -0.05) is 69.2 Å². The quantitative estimate of drug-likeness (QED) is 0.173. The molecule has 2 aromatic rings. The predicted octanol–water partition coefficient (Wildman–Crippen LogP) is 5.35. The van der Waals surface area contributed by atoms with Crippen LogP contribution < -0.4 is 10.6 Å². The van der Waals surface area contributed by atoms with E-state index in [1.54, 1.807) is 48.3 Å². The smallest absolute Gasteiger partial charge is 0.251 e. The van der Waals surface area contributed by atoms with Crippen LogP contribution in [0.2, 0.25) is 0 Å². The van der Waals surface area contributed by atoms with Crippen LogP contribution in [0.4, 0.5) is 0 Å². The zero-order valence-corrected chi connectivity index (χ0v) is 25.6. The van der Waals surface area contributed by atoms with E-state index in [4.69, 9.17) is 0 Å². The molecule has 0 saturated heterocycles. The van der Waals surface area contributed by atoms with E-state index in [0.717, 1.165) is 38.5 Å². The normalized spacial score (nSPS) is 11.5. The average Bonchev–Trinajstić information content (AvgIpc) is 2.98. The van der Waals surface area contributed by atoms with Crippen molar-refractivity contribution >= 4 is 29.3 Å². The van der Waals surface area contributed by atoms with E-state index in [9.17, 15) is 24.0 Å². The van der Waals surface area contributed by atoms with E-state index in [1.165, 1.54) is 6.92 Å². The molecule has 0 aliphatic heterocycles. The molecule has 8 heteroatoms. The van der Waals surface area contributed by atoms with Gasteiger partial charge in [-0.25, -0.2) is 0 Å². The molecular formula is C34H47N3O5. The van der Waals surface area contributed by atoms with Gasteiger partial charge < -0.3 is 15.5 Å². The third kappa shape index (κ3) is 12.4. The summed E-state index contributed by atoms with van der Waals surface area (Å²) >= 11 is 0. The van der Waals surface area contributed by atoms with Crippen molar-refractivity contribution in [1.82, 2.24) is 15.5 Å². The third-order valence-corrected chi connectivity index (χ3v) is 7.23. The Hall–Kier alpha value is -3.81. The molecule has 0 radical (unpaired) electrons. The van der Waals surface area contributed by atoms with E-state index in [-0.39, 0.29) is 35.3 Å². The van der Waals surface area contributed by atoms with Gasteiger partial charge in [0.1, 0.15) is 0 Å². The number of ketones is 2. The molecule has 0 aromatic heterocycles. The number of nitrogens with one attached hydrogen (secondary N) is 2. The highest BCUT2D eigenvalue weighted by molar-refractivity contribution is 6.09. The summed E-state index contributed by atoms with van der Waals surface area (Å²) < 4.78 is 0. The van der Waals surface area contributed by atoms with Gasteiger partial charge in [-0.2, -0.15) is 0 Å². The number of hydrogen-bond acceptors (Lipinski definition) is 5. The van der Waals surface area contributed by atoms with E-state index < -0.39 is 0 Å². The fourth-order valence-corrected chi connectivity index (χ4v) is 4.71. The van der Waals surface area contributed by atoms with Crippen LogP contribution in [-0.2, 0) is 14.4 Å². The number of rotatable bonds is 19. The molecule has 228 valence electrons. The Kier molecular flexibility index (Phi) is 15.2. The topological polar surface area (TPSA) is 113 Å². The number of nitrogens with zero attached hydrogens (tertiary/aromatic N) is 1. The molecule has 1 atom stereocenters. The van der Waals surface area contributed by atoms with Gasteiger partial charge in [-0.05, 0) is 57.1 Å². The molecule has 8 nitrogen and oxygen atoms in total. The lowest BCUT2D eigenvalue weighted by atomic mass is 9.99. The van der Waals surface area contributed by atoms with Crippen LogP contribution in [0, 0.1) is 5.92 Å². The van der Waals surface area contributed by atoms with Crippen molar-refractivity contribution in [2.45, 2.75) is 84.6 Å². The number of likely N-dealkylation sites (N-methyl/N-ethyl adjacent to an activating group) is 1. The highest BCUT2D eigenvalue weighted by Crippen LogP contribution is 2.14. The molecule has 0 aliphatic rings. The van der Waals surface area contributed by atoms with Gasteiger partial charge >= 0.3 is 0 Å². The van der Waals surface area contributed by atoms with Crippen LogP contribution in [-0.4, -0.2) is 60.4 Å². The van der Waals surface area contributed by atoms with Gasteiger partial charge in [0.25, 0.3) is 5.91 Å². The van der Waals surface area contributed by atoms with Crippen molar-refractivity contribution in [3.63, 3.8) is 0 Å². The monoisotopic (exact) mass is 577 g/mol. The minimum atomic E-state index is -0.358. The summed E-state index contributed by atoms with van der Waals surface area (Å²) in [7, 11) is 1.71. The molecular weight excluding hydrogens is 530 g/mol. The van der Waals surface area contributed by atoms with Crippen molar-refractivity contribution in [3.05, 3.63) is 71.3 Å². The maximum absolute atomic E-state index is 12.5. The lowest BCUT2D eigenvalue weighted by Gasteiger charge is -2.27. The van der Waals surface area contributed by atoms with Gasteiger partial charge in [0.2, 0.25) is 11.8 Å². The summed E-state index contributed by atoms with van der Waals surface area (Å²) in [4.78, 5) is 63.0. The Labute approximate surface area is 250 Å². The summed E-state index contributed by atoms with van der Waals surface area (Å²) in [5.41, 5.74) is 1.65. The second-order valence-corrected chi connectivity index (χ2v) is 11.3. The van der Waals surface area contributed by atoms with Crippen molar-refractivity contribution in [2.24, 2.45) is 5.92 Å². The molecule has 0 fully saturated rings. The summed E-state index contributed by atoms with van der Waals surface area (Å²) in [6, 6.07) is 15.3. The number of carbonyl (C=O) groups excluding carboxylic acids is 5. The standard InChI is InChI=1S/C34H47N3O5/c1-25(2)24-30(26(3)38)37(4)32(40)17-11-7-12-22-35-31(39)16-10-6-13-23-36-34(42)29-20-18-28(19-21-29)33(41)27-14-8-5-9-15-27/h5,8-9,14-15,18-21,25,30H,6-7,10-13,16-17,22-24H2,1-4H3,(H,35,39)(H,36,42). The molecule has 0 spiro atoms. The fourth-order valence-electron chi connectivity index (χ4n) is 4.71. The summed E-state index contributed by atoms with van der Waals surface area (Å²) in [6.07, 6.45) is 6.23. The minimum Gasteiger partial charge on any atom is -0.356 e. The molecule has 0 heterocycles. The van der Waals surface area contributed by atoms with Gasteiger partial charge in [0.15, 0.2) is 11.6 Å². The number of Topliss-reactive ketones (excluding diaryl/α,β-unsaturated/α-hetero) is 1. The predicted molar refractivity (Wildman–Crippen MR) is 165 cm³/mol. The molecule has 2 aromatic carbocycles. The van der Waals surface area contributed by atoms with E-state index in [1.807, 2.05) is 32.0 Å². The van der Waals surface area contributed by atoms with Gasteiger partial charge in [-0.15, -0.1) is 0 Å². The number of carbonyl (C=O) groups is 5. The number of benzene rings is 2. The Morgan fingerprint density at radius 1 is 0.690 bits per heavy atom. The maximum atomic E-state index is 12.5. The van der Waals surface area contributed by atoms with Gasteiger partial charge in [0, 0.05) is 49.7 Å². The summed E-state index contributed by atoms with van der Waals surface area (Å²) in [5.74, 6) is 0.0974. The van der Waals surface area contributed by atoms with Crippen LogP contribution in [0.3, 0.4) is 0 Å². The van der Waals surface area contributed by atoms with E-state index in [0.29, 0.717) is 55.0 Å². The first kappa shape index (κ1) is 34.4. The zero-order chi connectivity index (χ0) is 30.9. The molecule has 0 saturated carbocycles. The molecule has 1 unspecified atom stereocenters. The molecule has 0 bridgehead atoms. The molecule has 42 heavy (non-hydrogen) atoms. The lowest BCUT2D eigenvalue weighted by Crippen LogP contribution is -2.42. The molecule has 2 N–H and O–H groups in total. The Morgan fingerprint density at radius 3 is 1.83 bits per heavy atom. The second kappa shape index (κ2) is 18.6. The van der Waals surface area contributed by atoms with Gasteiger partial charge in [-0.3, -0.25) is 24.0 Å². The molecule has 3 amide bonds. The third-order valence-electron chi connectivity index (χ3n) is 7.23. The lowest BCUT2D eigenvalue weighted by molar-refractivity contribution is -0.138. The van der Waals surface area contributed by atoms with Crippen molar-refractivity contribution in [3.8, 4) is 0 Å². The zero-order valence-electron chi connectivity index (χ0n) is 25.6. The van der Waals surface area contributed by atoms with Crippen LogP contribution >= 0.6 is 0 Å². The number of amides is 3. The van der Waals surface area contributed by atoms with E-state index >= 15 is 0 Å². The number of unbranched alkanes of at least 4 members (excludes halogenated alkanes) is 4. The summed E-state index contributed by atoms with van der Waals surface area (Å²) in [5, 5.41) is 5.82. The fraction of sp³-hybridized carbons (Fsp3) is 0.500. The SMILES string of the molecule is CC(=O)C(CC(C)C)N(C)C(=O)CCCCCNC(=O)CCCCCNC(=O)c1ccc(C(=O)c2ccccc2)cc1. The summed E-state index contributed by atoms with van der Waals surface area (Å²) in [6.45, 7) is 6.73. The van der Waals surface area contributed by atoms with Crippen molar-refractivity contribution in [1.29, 1.82) is 0 Å². The Morgan fingerprint density at radius 2 is 1.24 bits per heavy atom. The van der Waals surface area contributed by atoms with Crippen LogP contribution in [0.15, 0.2) is 54.6 Å². The van der Waals surface area contributed by atoms with Crippen LogP contribution in [0.5, 0.6) is 0 Å². The average molecular weight is 578 g/mol. The maximum Gasteiger partial charge on any atom is 0.251 e. The van der Waals surface area contributed by atoms with Gasteiger partial charge in [0.05, 0.1) is 6.04 Å². The van der Waals surface area contributed by atoms with Crippen molar-refractivity contribution < 1.29 is 24.0 Å². The first-order chi connectivity index (χ1) is 20.1. The Bertz CT molecular complexity index is 1160.